The van der Waals surface area contributed by atoms with Crippen molar-refractivity contribution >= 4 is 5.69 Å². The van der Waals surface area contributed by atoms with E-state index in [0.29, 0.717) is 0 Å². The van der Waals surface area contributed by atoms with Gasteiger partial charge in [-0.1, -0.05) is 18.2 Å². The third-order valence-electron chi connectivity index (χ3n) is 2.94. The second-order valence-corrected chi connectivity index (χ2v) is 4.30. The Bertz CT molecular complexity index is 676. The van der Waals surface area contributed by atoms with E-state index in [9.17, 15) is 0 Å². The Labute approximate surface area is 111 Å². The molecule has 0 fully saturated rings. The van der Waals surface area contributed by atoms with Crippen molar-refractivity contribution in [1.29, 1.82) is 0 Å². The zero-order valence-electron chi connectivity index (χ0n) is 10.3. The lowest BCUT2D eigenvalue weighted by molar-refractivity contribution is 1.28. The van der Waals surface area contributed by atoms with Gasteiger partial charge >= 0.3 is 0 Å². The van der Waals surface area contributed by atoms with E-state index in [4.69, 9.17) is 5.73 Å². The van der Waals surface area contributed by atoms with Crippen LogP contribution >= 0.6 is 0 Å². The Morgan fingerprint density at radius 2 is 1.58 bits per heavy atom. The number of nitrogen functional groups attached to an aromatic ring is 1. The van der Waals surface area contributed by atoms with E-state index >= 15 is 0 Å². The van der Waals surface area contributed by atoms with Gasteiger partial charge in [-0.25, -0.2) is 0 Å². The van der Waals surface area contributed by atoms with Crippen molar-refractivity contribution in [2.75, 3.05) is 5.73 Å². The fraction of sp³-hybridized carbons (Fsp3) is 0. The third-order valence-corrected chi connectivity index (χ3v) is 2.94. The first-order valence-electron chi connectivity index (χ1n) is 6.05. The van der Waals surface area contributed by atoms with Gasteiger partial charge in [0.2, 0.25) is 0 Å². The van der Waals surface area contributed by atoms with Crippen LogP contribution in [0.4, 0.5) is 5.69 Å². The second kappa shape index (κ2) is 4.90. The van der Waals surface area contributed by atoms with Gasteiger partial charge in [-0.3, -0.25) is 9.97 Å². The van der Waals surface area contributed by atoms with Gasteiger partial charge in [-0.15, -0.1) is 0 Å². The molecule has 2 aromatic heterocycles. The second-order valence-electron chi connectivity index (χ2n) is 4.30. The molecule has 2 N–H and O–H groups in total. The summed E-state index contributed by atoms with van der Waals surface area (Å²) < 4.78 is 0. The predicted molar refractivity (Wildman–Crippen MR) is 77.3 cm³/mol. The molecular weight excluding hydrogens is 234 g/mol. The van der Waals surface area contributed by atoms with E-state index in [1.165, 1.54) is 0 Å². The largest absolute Gasteiger partial charge is 0.399 e. The van der Waals surface area contributed by atoms with Crippen LogP contribution in [0.3, 0.4) is 0 Å². The molecule has 0 saturated heterocycles. The van der Waals surface area contributed by atoms with Crippen LogP contribution < -0.4 is 5.73 Å². The first-order chi connectivity index (χ1) is 9.33. The summed E-state index contributed by atoms with van der Waals surface area (Å²) in [6.07, 6.45) is 5.45. The van der Waals surface area contributed by atoms with Crippen molar-refractivity contribution in [2.45, 2.75) is 0 Å². The molecule has 0 aliphatic carbocycles. The maximum atomic E-state index is 5.70. The highest BCUT2D eigenvalue weighted by atomic mass is 14.7. The van der Waals surface area contributed by atoms with Gasteiger partial charge in [0.05, 0.1) is 5.69 Å². The van der Waals surface area contributed by atoms with Crippen LogP contribution in [0.1, 0.15) is 0 Å². The number of hydrogen-bond acceptors (Lipinski definition) is 3. The number of anilines is 1. The molecule has 0 amide bonds. The fourth-order valence-electron chi connectivity index (χ4n) is 1.95. The zero-order chi connectivity index (χ0) is 13.1. The minimum Gasteiger partial charge on any atom is -0.399 e. The average molecular weight is 247 g/mol. The molecule has 0 atom stereocenters. The topological polar surface area (TPSA) is 51.8 Å². The van der Waals surface area contributed by atoms with Gasteiger partial charge < -0.3 is 5.73 Å². The molecule has 0 unspecified atom stereocenters. The van der Waals surface area contributed by atoms with Crippen molar-refractivity contribution in [3.8, 4) is 22.4 Å². The monoisotopic (exact) mass is 247 g/mol. The Morgan fingerprint density at radius 3 is 2.32 bits per heavy atom. The van der Waals surface area contributed by atoms with Crippen LogP contribution in [0.15, 0.2) is 67.1 Å². The summed E-state index contributed by atoms with van der Waals surface area (Å²) >= 11 is 0. The van der Waals surface area contributed by atoms with E-state index in [1.54, 1.807) is 6.20 Å². The number of aromatic nitrogens is 2. The summed E-state index contributed by atoms with van der Waals surface area (Å²) in [7, 11) is 0. The third kappa shape index (κ3) is 2.45. The van der Waals surface area contributed by atoms with Gasteiger partial charge in [0.25, 0.3) is 0 Å². The average Bonchev–Trinajstić information content (AvgIpc) is 2.49. The minimum absolute atomic E-state index is 0.762. The number of benzene rings is 1. The van der Waals surface area contributed by atoms with Crippen LogP contribution in [0.25, 0.3) is 22.4 Å². The Hall–Kier alpha value is -2.68. The smallest absolute Gasteiger partial charge is 0.0717 e. The van der Waals surface area contributed by atoms with E-state index in [-0.39, 0.29) is 0 Å². The van der Waals surface area contributed by atoms with Crippen molar-refractivity contribution in [1.82, 2.24) is 9.97 Å². The molecule has 0 aliphatic rings. The molecule has 0 aliphatic heterocycles. The molecule has 3 aromatic rings. The predicted octanol–water partition coefficient (Wildman–Crippen LogP) is 3.39. The number of nitrogens with zero attached hydrogens (tertiary/aromatic N) is 2. The van der Waals surface area contributed by atoms with E-state index < -0.39 is 0 Å². The normalized spacial score (nSPS) is 10.3. The summed E-state index contributed by atoms with van der Waals surface area (Å²) in [5, 5.41) is 0. The first-order valence-corrected chi connectivity index (χ1v) is 6.05. The lowest BCUT2D eigenvalue weighted by Gasteiger charge is -2.05. The Morgan fingerprint density at radius 1 is 0.789 bits per heavy atom. The van der Waals surface area contributed by atoms with Crippen LogP contribution in [0.5, 0.6) is 0 Å². The van der Waals surface area contributed by atoms with Crippen molar-refractivity contribution < 1.29 is 0 Å². The summed E-state index contributed by atoms with van der Waals surface area (Å²) in [4.78, 5) is 8.63. The highest BCUT2D eigenvalue weighted by Crippen LogP contribution is 2.24. The quantitative estimate of drug-likeness (QED) is 0.706. The van der Waals surface area contributed by atoms with E-state index in [2.05, 4.69) is 16.0 Å². The van der Waals surface area contributed by atoms with Crippen LogP contribution in [0, 0.1) is 0 Å². The summed E-state index contributed by atoms with van der Waals surface area (Å²) in [5.41, 5.74) is 10.5. The highest BCUT2D eigenvalue weighted by Gasteiger charge is 2.02. The summed E-state index contributed by atoms with van der Waals surface area (Å²) in [5.74, 6) is 0. The molecular formula is C16H13N3. The molecule has 2 heterocycles. The molecule has 19 heavy (non-hydrogen) atoms. The molecule has 0 saturated carbocycles. The number of nitrogens with two attached hydrogens (primary N) is 1. The Balaban J connectivity index is 2.03. The summed E-state index contributed by atoms with van der Waals surface area (Å²) in [6, 6.07) is 15.7. The van der Waals surface area contributed by atoms with Crippen molar-refractivity contribution in [2.24, 2.45) is 0 Å². The SMILES string of the molecule is Nc1ccc(-c2cncc(-c3ccccn3)c2)cc1. The van der Waals surface area contributed by atoms with Gasteiger partial charge in [0, 0.05) is 35.4 Å². The molecule has 1 aromatic carbocycles. The first kappa shape index (κ1) is 11.4. The fourth-order valence-corrected chi connectivity index (χ4v) is 1.95. The van der Waals surface area contributed by atoms with Gasteiger partial charge in [-0.2, -0.15) is 0 Å². The Kier molecular flexibility index (Phi) is 2.94. The summed E-state index contributed by atoms with van der Waals surface area (Å²) in [6.45, 7) is 0. The number of hydrogen-bond donors (Lipinski definition) is 1. The standard InChI is InChI=1S/C16H13N3/c17-15-6-4-12(5-7-15)13-9-14(11-18-10-13)16-3-1-2-8-19-16/h1-11H,17H2. The van der Waals surface area contributed by atoms with Gasteiger partial charge in [0.15, 0.2) is 0 Å². The maximum absolute atomic E-state index is 5.70. The van der Waals surface area contributed by atoms with Gasteiger partial charge in [-0.05, 0) is 35.9 Å². The molecule has 0 bridgehead atoms. The number of pyridine rings is 2. The zero-order valence-corrected chi connectivity index (χ0v) is 10.3. The molecule has 3 rings (SSSR count). The van der Waals surface area contributed by atoms with Crippen molar-refractivity contribution in [3.05, 3.63) is 67.1 Å². The highest BCUT2D eigenvalue weighted by molar-refractivity contribution is 5.70. The van der Waals surface area contributed by atoms with Gasteiger partial charge in [0.1, 0.15) is 0 Å². The minimum atomic E-state index is 0.762. The molecule has 3 heteroatoms. The molecule has 0 spiro atoms. The lowest BCUT2D eigenvalue weighted by Crippen LogP contribution is -1.87. The van der Waals surface area contributed by atoms with Crippen LogP contribution in [-0.2, 0) is 0 Å². The van der Waals surface area contributed by atoms with Crippen LogP contribution in [-0.4, -0.2) is 9.97 Å². The van der Waals surface area contributed by atoms with E-state index in [1.807, 2.05) is 54.9 Å². The lowest BCUT2D eigenvalue weighted by atomic mass is 10.0. The molecule has 3 nitrogen and oxygen atoms in total. The van der Waals surface area contributed by atoms with E-state index in [0.717, 1.165) is 28.1 Å². The van der Waals surface area contributed by atoms with Crippen LogP contribution in [0.2, 0.25) is 0 Å². The molecule has 0 radical (unpaired) electrons. The molecule has 92 valence electrons. The maximum Gasteiger partial charge on any atom is 0.0717 e. The van der Waals surface area contributed by atoms with Crippen molar-refractivity contribution in [3.63, 3.8) is 0 Å². The number of rotatable bonds is 2.